The molecule has 0 aliphatic carbocycles. The lowest BCUT2D eigenvalue weighted by Gasteiger charge is -2.05. The molecule has 0 saturated heterocycles. The van der Waals surface area contributed by atoms with Crippen molar-refractivity contribution in [2.45, 2.75) is 0 Å². The second-order valence-corrected chi connectivity index (χ2v) is 3.65. The van der Waals surface area contributed by atoms with Gasteiger partial charge in [-0.05, 0) is 17.5 Å². The summed E-state index contributed by atoms with van der Waals surface area (Å²) < 4.78 is 6.36. The predicted octanol–water partition coefficient (Wildman–Crippen LogP) is 2.69. The number of hydrogen-bond acceptors (Lipinski definition) is 1. The van der Waals surface area contributed by atoms with Crippen molar-refractivity contribution in [3.63, 3.8) is 0 Å². The topological polar surface area (TPSA) is 9.23 Å². The van der Waals surface area contributed by atoms with Crippen molar-refractivity contribution in [2.24, 2.45) is 0 Å². The number of rotatable bonds is 1. The molecule has 2 aromatic rings. The summed E-state index contributed by atoms with van der Waals surface area (Å²) in [6, 6.07) is 12.1. The molecule has 0 aliphatic heterocycles. The third kappa shape index (κ3) is 2.05. The molecule has 0 spiro atoms. The monoisotopic (exact) mass is 262 g/mol. The SMILES string of the molecule is COc1ccc(Br)c2ccccc12.[MgH2]. The van der Waals surface area contributed by atoms with Crippen LogP contribution in [0.2, 0.25) is 0 Å². The molecule has 0 aromatic heterocycles. The van der Waals surface area contributed by atoms with Crippen molar-refractivity contribution in [3.05, 3.63) is 40.9 Å². The van der Waals surface area contributed by atoms with Gasteiger partial charge in [0.25, 0.3) is 0 Å². The van der Waals surface area contributed by atoms with Crippen molar-refractivity contribution in [3.8, 4) is 5.75 Å². The van der Waals surface area contributed by atoms with Gasteiger partial charge < -0.3 is 4.74 Å². The molecule has 0 unspecified atom stereocenters. The van der Waals surface area contributed by atoms with Crippen LogP contribution in [-0.4, -0.2) is 30.2 Å². The van der Waals surface area contributed by atoms with Gasteiger partial charge in [0.15, 0.2) is 0 Å². The highest BCUT2D eigenvalue weighted by molar-refractivity contribution is 9.10. The Morgan fingerprint density at radius 1 is 1.00 bits per heavy atom. The quantitative estimate of drug-likeness (QED) is 0.719. The second-order valence-electron chi connectivity index (χ2n) is 2.80. The van der Waals surface area contributed by atoms with Gasteiger partial charge in [-0.3, -0.25) is 0 Å². The van der Waals surface area contributed by atoms with E-state index in [1.807, 2.05) is 24.3 Å². The summed E-state index contributed by atoms with van der Waals surface area (Å²) in [5.74, 6) is 0.916. The maximum atomic E-state index is 5.26. The molecule has 2 rings (SSSR count). The Morgan fingerprint density at radius 2 is 1.64 bits per heavy atom. The summed E-state index contributed by atoms with van der Waals surface area (Å²) in [4.78, 5) is 0. The first-order chi connectivity index (χ1) is 6.33. The van der Waals surface area contributed by atoms with E-state index in [0.717, 1.165) is 15.6 Å². The molecule has 0 aliphatic rings. The summed E-state index contributed by atoms with van der Waals surface area (Å²) in [7, 11) is 1.69. The van der Waals surface area contributed by atoms with Gasteiger partial charge in [-0.15, -0.1) is 0 Å². The number of ether oxygens (including phenoxy) is 1. The van der Waals surface area contributed by atoms with Gasteiger partial charge in [-0.2, -0.15) is 0 Å². The van der Waals surface area contributed by atoms with Crippen molar-refractivity contribution in [1.29, 1.82) is 0 Å². The largest absolute Gasteiger partial charge is 0.496 e. The third-order valence-electron chi connectivity index (χ3n) is 2.05. The van der Waals surface area contributed by atoms with E-state index in [4.69, 9.17) is 4.74 Å². The van der Waals surface area contributed by atoms with E-state index in [1.54, 1.807) is 7.11 Å². The summed E-state index contributed by atoms with van der Waals surface area (Å²) in [5.41, 5.74) is 0. The van der Waals surface area contributed by atoms with Crippen LogP contribution in [0.3, 0.4) is 0 Å². The highest BCUT2D eigenvalue weighted by Crippen LogP contribution is 2.30. The Kier molecular flexibility index (Phi) is 4.22. The van der Waals surface area contributed by atoms with E-state index in [9.17, 15) is 0 Å². The molecule has 1 nitrogen and oxygen atoms in total. The zero-order valence-corrected chi connectivity index (χ0v) is 8.84. The molecule has 0 atom stereocenters. The summed E-state index contributed by atoms with van der Waals surface area (Å²) in [6.07, 6.45) is 0. The van der Waals surface area contributed by atoms with Gasteiger partial charge in [-0.1, -0.05) is 40.2 Å². The molecule has 0 amide bonds. The van der Waals surface area contributed by atoms with Gasteiger partial charge >= 0.3 is 23.1 Å². The van der Waals surface area contributed by atoms with Crippen LogP contribution in [0.5, 0.6) is 5.75 Å². The second kappa shape index (κ2) is 5.00. The summed E-state index contributed by atoms with van der Waals surface area (Å²) in [6.45, 7) is 0. The normalized spacial score (nSPS) is 9.57. The lowest BCUT2D eigenvalue weighted by molar-refractivity contribution is 0.420. The van der Waals surface area contributed by atoms with Gasteiger partial charge in [0, 0.05) is 9.86 Å². The van der Waals surface area contributed by atoms with E-state index in [2.05, 4.69) is 28.1 Å². The zero-order chi connectivity index (χ0) is 9.26. The van der Waals surface area contributed by atoms with Crippen LogP contribution in [0.4, 0.5) is 0 Å². The van der Waals surface area contributed by atoms with Crippen LogP contribution in [-0.2, 0) is 0 Å². The molecule has 0 N–H and O–H groups in total. The fourth-order valence-corrected chi connectivity index (χ4v) is 1.89. The number of benzene rings is 2. The molecule has 0 bridgehead atoms. The molecule has 0 saturated carbocycles. The number of halogens is 1. The maximum Gasteiger partial charge on any atom is 0.316 e. The Labute approximate surface area is 108 Å². The van der Waals surface area contributed by atoms with Crippen LogP contribution in [0.25, 0.3) is 10.8 Å². The fourth-order valence-electron chi connectivity index (χ4n) is 1.41. The molecule has 70 valence electrons. The molecule has 0 heterocycles. The minimum absolute atomic E-state index is 0. The van der Waals surface area contributed by atoms with Gasteiger partial charge in [-0.25, -0.2) is 0 Å². The van der Waals surface area contributed by atoms with E-state index in [1.165, 1.54) is 5.39 Å². The minimum Gasteiger partial charge on any atom is -0.496 e. The van der Waals surface area contributed by atoms with Crippen molar-refractivity contribution in [2.75, 3.05) is 7.11 Å². The van der Waals surface area contributed by atoms with E-state index >= 15 is 0 Å². The first-order valence-corrected chi connectivity index (χ1v) is 4.83. The van der Waals surface area contributed by atoms with Crippen LogP contribution >= 0.6 is 15.9 Å². The molecule has 0 radical (unpaired) electrons. The standard InChI is InChI=1S/C11H9BrO.Mg.2H/c1-13-11-7-6-10(12)8-4-2-3-5-9(8)11;;;/h2-7H,1H3;;;. The predicted molar refractivity (Wildman–Crippen MR) is 66.7 cm³/mol. The number of methoxy groups -OCH3 is 1. The molecular weight excluding hydrogens is 252 g/mol. The van der Waals surface area contributed by atoms with Crippen molar-refractivity contribution < 1.29 is 4.74 Å². The first-order valence-electron chi connectivity index (χ1n) is 4.04. The van der Waals surface area contributed by atoms with Gasteiger partial charge in [0.2, 0.25) is 0 Å². The lowest BCUT2D eigenvalue weighted by Crippen LogP contribution is -1.84. The lowest BCUT2D eigenvalue weighted by atomic mass is 10.1. The summed E-state index contributed by atoms with van der Waals surface area (Å²) >= 11 is 3.50. The van der Waals surface area contributed by atoms with E-state index in [-0.39, 0.29) is 23.1 Å². The smallest absolute Gasteiger partial charge is 0.316 e. The molecule has 3 heteroatoms. The van der Waals surface area contributed by atoms with Crippen LogP contribution in [0.1, 0.15) is 0 Å². The van der Waals surface area contributed by atoms with E-state index < -0.39 is 0 Å². The van der Waals surface area contributed by atoms with Crippen LogP contribution in [0, 0.1) is 0 Å². The Bertz CT molecular complexity index is 442. The number of fused-ring (bicyclic) bond motifs is 1. The van der Waals surface area contributed by atoms with Crippen LogP contribution in [0.15, 0.2) is 40.9 Å². The molecule has 2 aromatic carbocycles. The zero-order valence-electron chi connectivity index (χ0n) is 7.25. The highest BCUT2D eigenvalue weighted by Gasteiger charge is 2.02. The Balaban J connectivity index is 0.000000980. The van der Waals surface area contributed by atoms with Gasteiger partial charge in [0.1, 0.15) is 5.75 Å². The first kappa shape index (κ1) is 11.8. The highest BCUT2D eigenvalue weighted by atomic mass is 79.9. The molecule has 14 heavy (non-hydrogen) atoms. The maximum absolute atomic E-state index is 5.26. The third-order valence-corrected chi connectivity index (χ3v) is 2.74. The Hall–Kier alpha value is -0.254. The van der Waals surface area contributed by atoms with Crippen molar-refractivity contribution in [1.82, 2.24) is 0 Å². The average Bonchev–Trinajstić information content (AvgIpc) is 2.19. The average molecular weight is 263 g/mol. The molecule has 0 fully saturated rings. The van der Waals surface area contributed by atoms with Gasteiger partial charge in [0.05, 0.1) is 7.11 Å². The Morgan fingerprint density at radius 3 is 2.29 bits per heavy atom. The minimum atomic E-state index is 0. The van der Waals surface area contributed by atoms with Crippen molar-refractivity contribution >= 4 is 49.8 Å². The summed E-state index contributed by atoms with van der Waals surface area (Å²) in [5, 5.41) is 2.32. The number of hydrogen-bond donors (Lipinski definition) is 0. The molecular formula is C11H11BrMgO. The fraction of sp³-hybridized carbons (Fsp3) is 0.0909. The van der Waals surface area contributed by atoms with E-state index in [0.29, 0.717) is 0 Å². The van der Waals surface area contributed by atoms with Crippen LogP contribution < -0.4 is 4.74 Å².